The minimum atomic E-state index is -0.393. The lowest BCUT2D eigenvalue weighted by molar-refractivity contribution is -0.144. The van der Waals surface area contributed by atoms with Crippen LogP contribution in [0.3, 0.4) is 0 Å². The van der Waals surface area contributed by atoms with Gasteiger partial charge in [-0.15, -0.1) is 0 Å². The molecular weight excluding hydrogens is 364 g/mol. The van der Waals surface area contributed by atoms with Crippen molar-refractivity contribution in [2.24, 2.45) is 0 Å². The molecule has 1 heterocycles. The molecule has 0 saturated carbocycles. The molecule has 0 atom stereocenters. The SMILES string of the molecule is COc1ccc(CC(=O)OCc2nc(-c3ccc(OC)c(OC)c3)no2)cc1. The van der Waals surface area contributed by atoms with Crippen molar-refractivity contribution in [3.8, 4) is 28.6 Å². The van der Waals surface area contributed by atoms with Crippen LogP contribution in [0.15, 0.2) is 47.0 Å². The van der Waals surface area contributed by atoms with Crippen molar-refractivity contribution in [1.29, 1.82) is 0 Å². The van der Waals surface area contributed by atoms with E-state index in [-0.39, 0.29) is 18.9 Å². The highest BCUT2D eigenvalue weighted by Gasteiger charge is 2.14. The lowest BCUT2D eigenvalue weighted by Gasteiger charge is -2.07. The normalized spacial score (nSPS) is 10.4. The van der Waals surface area contributed by atoms with E-state index < -0.39 is 5.97 Å². The number of aromatic nitrogens is 2. The summed E-state index contributed by atoms with van der Waals surface area (Å²) in [5, 5.41) is 3.91. The Morgan fingerprint density at radius 1 is 0.964 bits per heavy atom. The molecular formula is C20H20N2O6. The summed E-state index contributed by atoms with van der Waals surface area (Å²) in [5.41, 5.74) is 1.51. The lowest BCUT2D eigenvalue weighted by atomic mass is 10.1. The molecule has 0 amide bonds. The summed E-state index contributed by atoms with van der Waals surface area (Å²) < 4.78 is 25.9. The van der Waals surface area contributed by atoms with Crippen LogP contribution in [0.4, 0.5) is 0 Å². The molecule has 3 aromatic rings. The number of esters is 1. The number of benzene rings is 2. The van der Waals surface area contributed by atoms with Crippen LogP contribution in [0.1, 0.15) is 11.5 Å². The van der Waals surface area contributed by atoms with Gasteiger partial charge in [0.2, 0.25) is 5.82 Å². The van der Waals surface area contributed by atoms with Crippen molar-refractivity contribution in [2.45, 2.75) is 13.0 Å². The third kappa shape index (κ3) is 4.59. The van der Waals surface area contributed by atoms with Gasteiger partial charge in [0, 0.05) is 5.56 Å². The molecule has 0 unspecified atom stereocenters. The van der Waals surface area contributed by atoms with E-state index in [2.05, 4.69) is 10.1 Å². The summed E-state index contributed by atoms with van der Waals surface area (Å²) in [4.78, 5) is 16.2. The van der Waals surface area contributed by atoms with Gasteiger partial charge in [-0.1, -0.05) is 17.3 Å². The number of nitrogens with zero attached hydrogens (tertiary/aromatic N) is 2. The molecule has 28 heavy (non-hydrogen) atoms. The van der Waals surface area contributed by atoms with E-state index >= 15 is 0 Å². The largest absolute Gasteiger partial charge is 0.497 e. The smallest absolute Gasteiger partial charge is 0.310 e. The summed E-state index contributed by atoms with van der Waals surface area (Å²) in [7, 11) is 4.69. The first-order chi connectivity index (χ1) is 13.6. The molecule has 0 aliphatic heterocycles. The van der Waals surface area contributed by atoms with Gasteiger partial charge in [-0.05, 0) is 35.9 Å². The number of rotatable bonds is 8. The first-order valence-electron chi connectivity index (χ1n) is 8.46. The predicted octanol–water partition coefficient (Wildman–Crippen LogP) is 3.05. The quantitative estimate of drug-likeness (QED) is 0.547. The van der Waals surface area contributed by atoms with E-state index in [0.717, 1.165) is 11.3 Å². The van der Waals surface area contributed by atoms with Gasteiger partial charge < -0.3 is 23.5 Å². The van der Waals surface area contributed by atoms with Crippen molar-refractivity contribution >= 4 is 5.97 Å². The average Bonchev–Trinajstić information content (AvgIpc) is 3.21. The van der Waals surface area contributed by atoms with Crippen molar-refractivity contribution in [3.05, 3.63) is 53.9 Å². The minimum absolute atomic E-state index is 0.102. The fourth-order valence-corrected chi connectivity index (χ4v) is 2.51. The maximum atomic E-state index is 12.0. The van der Waals surface area contributed by atoms with E-state index in [0.29, 0.717) is 22.9 Å². The molecule has 2 aromatic carbocycles. The summed E-state index contributed by atoms with van der Waals surface area (Å²) in [6.07, 6.45) is 0.140. The summed E-state index contributed by atoms with van der Waals surface area (Å²) in [5.74, 6) is 2.05. The van der Waals surface area contributed by atoms with Crippen LogP contribution in [-0.4, -0.2) is 37.4 Å². The van der Waals surface area contributed by atoms with Gasteiger partial charge in [-0.3, -0.25) is 4.79 Å². The predicted molar refractivity (Wildman–Crippen MR) is 99.3 cm³/mol. The van der Waals surface area contributed by atoms with Crippen LogP contribution in [0.2, 0.25) is 0 Å². The third-order valence-corrected chi connectivity index (χ3v) is 3.97. The van der Waals surface area contributed by atoms with Gasteiger partial charge >= 0.3 is 5.97 Å². The Balaban J connectivity index is 1.59. The summed E-state index contributed by atoms with van der Waals surface area (Å²) >= 11 is 0. The van der Waals surface area contributed by atoms with Crippen LogP contribution in [0.5, 0.6) is 17.2 Å². The molecule has 0 N–H and O–H groups in total. The van der Waals surface area contributed by atoms with Gasteiger partial charge in [0.25, 0.3) is 5.89 Å². The highest BCUT2D eigenvalue weighted by Crippen LogP contribution is 2.31. The molecule has 0 fully saturated rings. The molecule has 0 spiro atoms. The van der Waals surface area contributed by atoms with Crippen LogP contribution in [-0.2, 0) is 22.6 Å². The van der Waals surface area contributed by atoms with Gasteiger partial charge in [-0.25, -0.2) is 0 Å². The van der Waals surface area contributed by atoms with Crippen LogP contribution in [0.25, 0.3) is 11.4 Å². The molecule has 0 aliphatic rings. The highest BCUT2D eigenvalue weighted by molar-refractivity contribution is 5.72. The monoisotopic (exact) mass is 384 g/mol. The zero-order valence-corrected chi connectivity index (χ0v) is 15.8. The fraction of sp³-hybridized carbons (Fsp3) is 0.250. The number of ether oxygens (including phenoxy) is 4. The summed E-state index contributed by atoms with van der Waals surface area (Å²) in [6.45, 7) is -0.102. The summed E-state index contributed by atoms with van der Waals surface area (Å²) in [6, 6.07) is 12.5. The molecule has 0 saturated heterocycles. The fourth-order valence-electron chi connectivity index (χ4n) is 2.51. The Labute approximate surface area is 162 Å². The standard InChI is InChI=1S/C20H20N2O6/c1-24-15-7-4-13(5-8-15)10-19(23)27-12-18-21-20(22-28-18)14-6-9-16(25-2)17(11-14)26-3/h4-9,11H,10,12H2,1-3H3. The highest BCUT2D eigenvalue weighted by atomic mass is 16.6. The van der Waals surface area contributed by atoms with Crippen LogP contribution >= 0.6 is 0 Å². The molecule has 8 heteroatoms. The zero-order chi connectivity index (χ0) is 19.9. The average molecular weight is 384 g/mol. The van der Waals surface area contributed by atoms with Crippen LogP contribution in [0, 0.1) is 0 Å². The molecule has 0 bridgehead atoms. The second-order valence-corrected chi connectivity index (χ2v) is 5.77. The van der Waals surface area contributed by atoms with Crippen molar-refractivity contribution < 1.29 is 28.3 Å². The van der Waals surface area contributed by atoms with Crippen molar-refractivity contribution in [1.82, 2.24) is 10.1 Å². The number of hydrogen-bond donors (Lipinski definition) is 0. The maximum absolute atomic E-state index is 12.0. The van der Waals surface area contributed by atoms with Crippen molar-refractivity contribution in [2.75, 3.05) is 21.3 Å². The number of carbonyl (C=O) groups is 1. The second-order valence-electron chi connectivity index (χ2n) is 5.77. The number of carbonyl (C=O) groups excluding carboxylic acids is 1. The van der Waals surface area contributed by atoms with Crippen molar-refractivity contribution in [3.63, 3.8) is 0 Å². The van der Waals surface area contributed by atoms with E-state index in [9.17, 15) is 4.79 Å². The lowest BCUT2D eigenvalue weighted by Crippen LogP contribution is -2.08. The number of methoxy groups -OCH3 is 3. The zero-order valence-electron chi connectivity index (χ0n) is 15.8. The Kier molecular flexibility index (Phi) is 6.11. The minimum Gasteiger partial charge on any atom is -0.497 e. The van der Waals surface area contributed by atoms with E-state index in [1.165, 1.54) is 0 Å². The molecule has 1 aromatic heterocycles. The van der Waals surface area contributed by atoms with Gasteiger partial charge in [0.05, 0.1) is 27.8 Å². The first kappa shape index (κ1) is 19.2. The Morgan fingerprint density at radius 2 is 1.71 bits per heavy atom. The van der Waals surface area contributed by atoms with E-state index in [1.807, 2.05) is 12.1 Å². The van der Waals surface area contributed by atoms with Gasteiger partial charge in [0.15, 0.2) is 18.1 Å². The van der Waals surface area contributed by atoms with E-state index in [1.54, 1.807) is 51.7 Å². The van der Waals surface area contributed by atoms with Gasteiger partial charge in [0.1, 0.15) is 5.75 Å². The molecule has 0 radical (unpaired) electrons. The topological polar surface area (TPSA) is 92.9 Å². The third-order valence-electron chi connectivity index (χ3n) is 3.97. The molecule has 0 aliphatic carbocycles. The van der Waals surface area contributed by atoms with Crippen LogP contribution < -0.4 is 14.2 Å². The molecule has 146 valence electrons. The molecule has 8 nitrogen and oxygen atoms in total. The first-order valence-corrected chi connectivity index (χ1v) is 8.46. The molecule has 3 rings (SSSR count). The number of hydrogen-bond acceptors (Lipinski definition) is 8. The Bertz CT molecular complexity index is 936. The van der Waals surface area contributed by atoms with Gasteiger partial charge in [-0.2, -0.15) is 4.98 Å². The second kappa shape index (κ2) is 8.90. The Hall–Kier alpha value is -3.55. The maximum Gasteiger partial charge on any atom is 0.310 e. The Morgan fingerprint density at radius 3 is 2.39 bits per heavy atom. The van der Waals surface area contributed by atoms with E-state index in [4.69, 9.17) is 23.5 Å².